The molecule has 1 aromatic rings. The Balaban J connectivity index is 2.05. The summed E-state index contributed by atoms with van der Waals surface area (Å²) >= 11 is 0. The second-order valence-corrected chi connectivity index (χ2v) is 7.11. The summed E-state index contributed by atoms with van der Waals surface area (Å²) < 4.78 is 10.5. The molecule has 0 aromatic heterocycles. The van der Waals surface area contributed by atoms with E-state index in [-0.39, 0.29) is 6.54 Å². The van der Waals surface area contributed by atoms with Crippen LogP contribution in [-0.4, -0.2) is 65.4 Å². The van der Waals surface area contributed by atoms with Crippen LogP contribution in [0.3, 0.4) is 0 Å². The highest BCUT2D eigenvalue weighted by Crippen LogP contribution is 2.19. The first-order chi connectivity index (χ1) is 11.7. The Hall–Kier alpha value is -2.28. The van der Waals surface area contributed by atoms with Gasteiger partial charge in [-0.05, 0) is 38.5 Å². The summed E-state index contributed by atoms with van der Waals surface area (Å²) in [4.78, 5) is 27.2. The molecule has 0 aliphatic carbocycles. The Labute approximate surface area is 148 Å². The lowest BCUT2D eigenvalue weighted by Crippen LogP contribution is -2.58. The molecular weight excluding hydrogens is 324 g/mol. The summed E-state index contributed by atoms with van der Waals surface area (Å²) in [5.41, 5.74) is 0.381. The fraction of sp³-hybridized carbons (Fsp3) is 0.556. The number of carboxylic acids is 1. The summed E-state index contributed by atoms with van der Waals surface area (Å²) in [7, 11) is 1.61. The standard InChI is InChI=1S/C18H26N2O5/c1-18(2,3)25-17(23)20-9-8-19(12-15(20)16(21)22)11-13-6-5-7-14(10-13)24-4/h5-7,10,15H,8-9,11-12H2,1-4H3,(H,21,22). The van der Waals surface area contributed by atoms with Gasteiger partial charge in [0.2, 0.25) is 0 Å². The average molecular weight is 350 g/mol. The third kappa shape index (κ3) is 5.35. The van der Waals surface area contributed by atoms with Crippen LogP contribution < -0.4 is 4.74 Å². The minimum Gasteiger partial charge on any atom is -0.497 e. The Morgan fingerprint density at radius 3 is 2.60 bits per heavy atom. The molecule has 1 unspecified atom stereocenters. The van der Waals surface area contributed by atoms with Gasteiger partial charge in [0.1, 0.15) is 17.4 Å². The van der Waals surface area contributed by atoms with Crippen LogP contribution in [0.15, 0.2) is 24.3 Å². The number of hydrogen-bond acceptors (Lipinski definition) is 5. The Bertz CT molecular complexity index is 626. The van der Waals surface area contributed by atoms with E-state index in [1.54, 1.807) is 27.9 Å². The predicted molar refractivity (Wildman–Crippen MR) is 92.6 cm³/mol. The number of rotatable bonds is 4. The topological polar surface area (TPSA) is 79.3 Å². The SMILES string of the molecule is COc1cccc(CN2CCN(C(=O)OC(C)(C)C)C(C(=O)O)C2)c1. The van der Waals surface area contributed by atoms with Gasteiger partial charge in [0.05, 0.1) is 7.11 Å². The van der Waals surface area contributed by atoms with E-state index in [9.17, 15) is 14.7 Å². The number of benzene rings is 1. The quantitative estimate of drug-likeness (QED) is 0.897. The third-order valence-corrected chi connectivity index (χ3v) is 3.92. The zero-order chi connectivity index (χ0) is 18.6. The molecular formula is C18H26N2O5. The summed E-state index contributed by atoms with van der Waals surface area (Å²) in [6.45, 7) is 7.05. The van der Waals surface area contributed by atoms with E-state index in [0.717, 1.165) is 11.3 Å². The fourth-order valence-corrected chi connectivity index (χ4v) is 2.76. The second-order valence-electron chi connectivity index (χ2n) is 7.11. The molecule has 138 valence electrons. The van der Waals surface area contributed by atoms with Crippen LogP contribution in [0.4, 0.5) is 4.79 Å². The molecule has 7 nitrogen and oxygen atoms in total. The summed E-state index contributed by atoms with van der Waals surface area (Å²) in [6, 6.07) is 6.74. The van der Waals surface area contributed by atoms with Gasteiger partial charge < -0.3 is 14.6 Å². The van der Waals surface area contributed by atoms with Crippen LogP contribution in [0.25, 0.3) is 0 Å². The van der Waals surface area contributed by atoms with Crippen molar-refractivity contribution in [2.75, 3.05) is 26.7 Å². The molecule has 0 bridgehead atoms. The van der Waals surface area contributed by atoms with Crippen LogP contribution in [-0.2, 0) is 16.1 Å². The highest BCUT2D eigenvalue weighted by molar-refractivity contribution is 5.80. The van der Waals surface area contributed by atoms with Crippen molar-refractivity contribution < 1.29 is 24.2 Å². The normalized spacial score (nSPS) is 18.7. The van der Waals surface area contributed by atoms with Gasteiger partial charge in [0, 0.05) is 26.2 Å². The largest absolute Gasteiger partial charge is 0.497 e. The highest BCUT2D eigenvalue weighted by atomic mass is 16.6. The Kier molecular flexibility index (Phi) is 5.89. The molecule has 0 saturated carbocycles. The number of piperazine rings is 1. The number of carbonyl (C=O) groups excluding carboxylic acids is 1. The molecule has 1 amide bonds. The average Bonchev–Trinajstić information content (AvgIpc) is 2.53. The van der Waals surface area contributed by atoms with E-state index >= 15 is 0 Å². The van der Waals surface area contributed by atoms with E-state index in [2.05, 4.69) is 0 Å². The van der Waals surface area contributed by atoms with Gasteiger partial charge >= 0.3 is 12.1 Å². The van der Waals surface area contributed by atoms with Crippen molar-refractivity contribution in [1.29, 1.82) is 0 Å². The summed E-state index contributed by atoms with van der Waals surface area (Å²) in [6.07, 6.45) is -0.582. The molecule has 1 heterocycles. The summed E-state index contributed by atoms with van der Waals surface area (Å²) in [5, 5.41) is 9.53. The maximum atomic E-state index is 12.3. The van der Waals surface area contributed by atoms with Crippen molar-refractivity contribution in [2.45, 2.75) is 39.0 Å². The smallest absolute Gasteiger partial charge is 0.411 e. The second kappa shape index (κ2) is 7.74. The van der Waals surface area contributed by atoms with Crippen LogP contribution >= 0.6 is 0 Å². The van der Waals surface area contributed by atoms with E-state index in [1.165, 1.54) is 4.90 Å². The minimum absolute atomic E-state index is 0.256. The molecule has 1 aliphatic heterocycles. The van der Waals surface area contributed by atoms with Crippen molar-refractivity contribution in [3.05, 3.63) is 29.8 Å². The number of carbonyl (C=O) groups is 2. The Morgan fingerprint density at radius 2 is 2.00 bits per heavy atom. The maximum absolute atomic E-state index is 12.3. The van der Waals surface area contributed by atoms with Crippen LogP contribution in [0.1, 0.15) is 26.3 Å². The number of carboxylic acid groups (broad SMARTS) is 1. The lowest BCUT2D eigenvalue weighted by molar-refractivity contribution is -0.145. The lowest BCUT2D eigenvalue weighted by Gasteiger charge is -2.39. The van der Waals surface area contributed by atoms with Gasteiger partial charge in [-0.25, -0.2) is 9.59 Å². The predicted octanol–water partition coefficient (Wildman–Crippen LogP) is 2.20. The Morgan fingerprint density at radius 1 is 1.28 bits per heavy atom. The molecule has 7 heteroatoms. The van der Waals surface area contributed by atoms with Gasteiger partial charge in [-0.2, -0.15) is 0 Å². The number of methoxy groups -OCH3 is 1. The van der Waals surface area contributed by atoms with Gasteiger partial charge in [-0.15, -0.1) is 0 Å². The van der Waals surface area contributed by atoms with Crippen molar-refractivity contribution in [3.63, 3.8) is 0 Å². The van der Waals surface area contributed by atoms with Crippen LogP contribution in [0.2, 0.25) is 0 Å². The number of aliphatic carboxylic acids is 1. The number of ether oxygens (including phenoxy) is 2. The molecule has 1 fully saturated rings. The highest BCUT2D eigenvalue weighted by Gasteiger charge is 2.37. The minimum atomic E-state index is -1.03. The van der Waals surface area contributed by atoms with E-state index in [4.69, 9.17) is 9.47 Å². The first-order valence-corrected chi connectivity index (χ1v) is 8.27. The first-order valence-electron chi connectivity index (χ1n) is 8.27. The van der Waals surface area contributed by atoms with Gasteiger partial charge in [0.15, 0.2) is 0 Å². The van der Waals surface area contributed by atoms with Crippen LogP contribution in [0.5, 0.6) is 5.75 Å². The fourth-order valence-electron chi connectivity index (χ4n) is 2.76. The van der Waals surface area contributed by atoms with Crippen molar-refractivity contribution >= 4 is 12.1 Å². The van der Waals surface area contributed by atoms with Gasteiger partial charge in [-0.1, -0.05) is 12.1 Å². The lowest BCUT2D eigenvalue weighted by atomic mass is 10.1. The van der Waals surface area contributed by atoms with Crippen molar-refractivity contribution in [2.24, 2.45) is 0 Å². The van der Waals surface area contributed by atoms with E-state index in [0.29, 0.717) is 19.6 Å². The maximum Gasteiger partial charge on any atom is 0.411 e. The molecule has 1 N–H and O–H groups in total. The molecule has 2 rings (SSSR count). The zero-order valence-corrected chi connectivity index (χ0v) is 15.2. The van der Waals surface area contributed by atoms with Gasteiger partial charge in [-0.3, -0.25) is 9.80 Å². The van der Waals surface area contributed by atoms with Crippen molar-refractivity contribution in [1.82, 2.24) is 9.80 Å². The molecule has 0 radical (unpaired) electrons. The van der Waals surface area contributed by atoms with Gasteiger partial charge in [0.25, 0.3) is 0 Å². The molecule has 1 saturated heterocycles. The van der Waals surface area contributed by atoms with E-state index in [1.807, 2.05) is 29.2 Å². The van der Waals surface area contributed by atoms with Crippen LogP contribution in [0, 0.1) is 0 Å². The molecule has 1 aliphatic rings. The molecule has 25 heavy (non-hydrogen) atoms. The zero-order valence-electron chi connectivity index (χ0n) is 15.2. The van der Waals surface area contributed by atoms with Crippen molar-refractivity contribution in [3.8, 4) is 5.75 Å². The summed E-state index contributed by atoms with van der Waals surface area (Å²) in [5.74, 6) is -0.263. The first kappa shape index (κ1) is 19.1. The molecule has 1 atom stereocenters. The van der Waals surface area contributed by atoms with E-state index < -0.39 is 23.7 Å². The molecule has 0 spiro atoms. The third-order valence-electron chi connectivity index (χ3n) is 3.92. The number of hydrogen-bond donors (Lipinski definition) is 1. The molecule has 1 aromatic carbocycles. The monoisotopic (exact) mass is 350 g/mol. The number of amides is 1. The number of nitrogens with zero attached hydrogens (tertiary/aromatic N) is 2.